The van der Waals surface area contributed by atoms with Crippen LogP contribution in [0.2, 0.25) is 0 Å². The van der Waals surface area contributed by atoms with Crippen LogP contribution in [0.1, 0.15) is 18.1 Å². The summed E-state index contributed by atoms with van der Waals surface area (Å²) in [6.45, 7) is 3.72. The summed E-state index contributed by atoms with van der Waals surface area (Å²) in [5.41, 5.74) is 1.73. The Hall–Kier alpha value is -1.63. The minimum absolute atomic E-state index is 0.219. The number of nitrogens with one attached hydrogen (secondary N) is 2. The Morgan fingerprint density at radius 3 is 2.70 bits per heavy atom. The van der Waals surface area contributed by atoms with Crippen LogP contribution in [0, 0.1) is 0 Å². The molecule has 0 fully saturated rings. The molecule has 0 amide bonds. The molecule has 1 heterocycles. The van der Waals surface area contributed by atoms with Crippen molar-refractivity contribution in [2.24, 2.45) is 0 Å². The first-order chi connectivity index (χ1) is 9.62. The zero-order valence-electron chi connectivity index (χ0n) is 11.3. The lowest BCUT2D eigenvalue weighted by atomic mass is 10.2. The molecule has 1 aromatic heterocycles. The fourth-order valence-corrected chi connectivity index (χ4v) is 2.83. The molecule has 0 atom stereocenters. The highest BCUT2D eigenvalue weighted by Crippen LogP contribution is 2.12. The highest BCUT2D eigenvalue weighted by Gasteiger charge is 2.14. The van der Waals surface area contributed by atoms with Gasteiger partial charge in [0.1, 0.15) is 0 Å². The lowest BCUT2D eigenvalue weighted by Gasteiger charge is -2.08. The number of furan rings is 1. The van der Waals surface area contributed by atoms with Crippen molar-refractivity contribution < 1.29 is 12.8 Å². The molecular weight excluding hydrogens is 276 g/mol. The van der Waals surface area contributed by atoms with Crippen LogP contribution < -0.4 is 10.0 Å². The van der Waals surface area contributed by atoms with Crippen molar-refractivity contribution in [3.05, 3.63) is 54.0 Å². The van der Waals surface area contributed by atoms with Gasteiger partial charge in [0, 0.05) is 18.7 Å². The third-order valence-corrected chi connectivity index (χ3v) is 4.23. The summed E-state index contributed by atoms with van der Waals surface area (Å²) in [5, 5.41) is 3.17. The van der Waals surface area contributed by atoms with Crippen LogP contribution in [0.5, 0.6) is 0 Å². The second kappa shape index (κ2) is 6.69. The number of rotatable bonds is 7. The van der Waals surface area contributed by atoms with Gasteiger partial charge in [-0.2, -0.15) is 0 Å². The fraction of sp³-hybridized carbons (Fsp3) is 0.286. The fourth-order valence-electron chi connectivity index (χ4n) is 1.75. The van der Waals surface area contributed by atoms with Crippen LogP contribution >= 0.6 is 0 Å². The van der Waals surface area contributed by atoms with Crippen molar-refractivity contribution in [3.63, 3.8) is 0 Å². The maximum Gasteiger partial charge on any atom is 0.240 e. The summed E-state index contributed by atoms with van der Waals surface area (Å²) in [5.74, 6) is 0. The van der Waals surface area contributed by atoms with Gasteiger partial charge >= 0.3 is 0 Å². The lowest BCUT2D eigenvalue weighted by Crippen LogP contribution is -2.23. The molecule has 0 aliphatic rings. The molecular formula is C14H18N2O3S. The Bertz CT molecular complexity index is 636. The molecule has 20 heavy (non-hydrogen) atoms. The van der Waals surface area contributed by atoms with Crippen molar-refractivity contribution in [2.45, 2.75) is 24.9 Å². The number of sulfonamides is 1. The minimum atomic E-state index is -3.50. The van der Waals surface area contributed by atoms with Crippen LogP contribution in [-0.4, -0.2) is 15.0 Å². The molecule has 108 valence electrons. The van der Waals surface area contributed by atoms with Crippen molar-refractivity contribution in [1.29, 1.82) is 0 Å². The molecule has 2 rings (SSSR count). The Morgan fingerprint density at radius 2 is 2.00 bits per heavy atom. The Kier molecular flexibility index (Phi) is 4.94. The minimum Gasteiger partial charge on any atom is -0.472 e. The van der Waals surface area contributed by atoms with Gasteiger partial charge in [0.05, 0.1) is 17.4 Å². The molecule has 0 bridgehead atoms. The molecule has 1 aromatic carbocycles. The molecule has 2 aromatic rings. The number of benzene rings is 1. The van der Waals surface area contributed by atoms with Gasteiger partial charge in [0.15, 0.2) is 0 Å². The third kappa shape index (κ3) is 3.93. The zero-order valence-corrected chi connectivity index (χ0v) is 12.1. The monoisotopic (exact) mass is 294 g/mol. The first kappa shape index (κ1) is 14.8. The van der Waals surface area contributed by atoms with E-state index in [1.54, 1.807) is 24.3 Å². The van der Waals surface area contributed by atoms with E-state index in [1.807, 2.05) is 13.0 Å². The van der Waals surface area contributed by atoms with Crippen molar-refractivity contribution in [3.8, 4) is 0 Å². The van der Waals surface area contributed by atoms with Gasteiger partial charge in [-0.3, -0.25) is 0 Å². The molecule has 0 spiro atoms. The summed E-state index contributed by atoms with van der Waals surface area (Å²) < 4.78 is 31.8. The highest BCUT2D eigenvalue weighted by atomic mass is 32.2. The van der Waals surface area contributed by atoms with Gasteiger partial charge in [-0.05, 0) is 30.3 Å². The normalized spacial score (nSPS) is 11.7. The van der Waals surface area contributed by atoms with Gasteiger partial charge in [0.2, 0.25) is 10.0 Å². The maximum atomic E-state index is 12.2. The SMILES string of the molecule is CCNCc1cccc(S(=O)(=O)NCc2ccoc2)c1. The predicted octanol–water partition coefficient (Wildman–Crippen LogP) is 1.87. The van der Waals surface area contributed by atoms with E-state index in [1.165, 1.54) is 12.5 Å². The Morgan fingerprint density at radius 1 is 1.15 bits per heavy atom. The second-order valence-corrected chi connectivity index (χ2v) is 6.15. The smallest absolute Gasteiger partial charge is 0.240 e. The van der Waals surface area contributed by atoms with E-state index >= 15 is 0 Å². The first-order valence-corrected chi connectivity index (χ1v) is 7.90. The van der Waals surface area contributed by atoms with Crippen LogP contribution in [0.3, 0.4) is 0 Å². The Labute approximate surface area is 119 Å². The van der Waals surface area contributed by atoms with E-state index in [0.29, 0.717) is 6.54 Å². The van der Waals surface area contributed by atoms with Crippen LogP contribution in [0.4, 0.5) is 0 Å². The summed E-state index contributed by atoms with van der Waals surface area (Å²) in [7, 11) is -3.50. The quantitative estimate of drug-likeness (QED) is 0.818. The average molecular weight is 294 g/mol. The van der Waals surface area contributed by atoms with Gasteiger partial charge < -0.3 is 9.73 Å². The molecule has 5 nitrogen and oxygen atoms in total. The second-order valence-electron chi connectivity index (χ2n) is 4.38. The van der Waals surface area contributed by atoms with Gasteiger partial charge in [-0.25, -0.2) is 13.1 Å². The molecule has 0 aliphatic carbocycles. The molecule has 0 radical (unpaired) electrons. The van der Waals surface area contributed by atoms with E-state index in [4.69, 9.17) is 4.42 Å². The summed E-state index contributed by atoms with van der Waals surface area (Å²) in [4.78, 5) is 0.274. The van der Waals surface area contributed by atoms with E-state index in [-0.39, 0.29) is 11.4 Å². The third-order valence-electron chi connectivity index (χ3n) is 2.83. The molecule has 0 aliphatic heterocycles. The van der Waals surface area contributed by atoms with Crippen molar-refractivity contribution >= 4 is 10.0 Å². The van der Waals surface area contributed by atoms with E-state index in [9.17, 15) is 8.42 Å². The van der Waals surface area contributed by atoms with Crippen LogP contribution in [0.15, 0.2) is 52.2 Å². The van der Waals surface area contributed by atoms with Crippen molar-refractivity contribution in [1.82, 2.24) is 10.0 Å². The average Bonchev–Trinajstić information content (AvgIpc) is 2.97. The summed E-state index contributed by atoms with van der Waals surface area (Å²) >= 11 is 0. The van der Waals surface area contributed by atoms with Crippen molar-refractivity contribution in [2.75, 3.05) is 6.54 Å². The molecule has 0 unspecified atom stereocenters. The van der Waals surface area contributed by atoms with E-state index < -0.39 is 10.0 Å². The van der Waals surface area contributed by atoms with Crippen LogP contribution in [0.25, 0.3) is 0 Å². The molecule has 6 heteroatoms. The lowest BCUT2D eigenvalue weighted by molar-refractivity contribution is 0.561. The molecule has 0 saturated heterocycles. The predicted molar refractivity (Wildman–Crippen MR) is 76.6 cm³/mol. The summed E-state index contributed by atoms with van der Waals surface area (Å²) in [6.07, 6.45) is 3.03. The maximum absolute atomic E-state index is 12.2. The van der Waals surface area contributed by atoms with Crippen LogP contribution in [-0.2, 0) is 23.1 Å². The van der Waals surface area contributed by atoms with E-state index in [0.717, 1.165) is 17.7 Å². The topological polar surface area (TPSA) is 71.3 Å². The summed E-state index contributed by atoms with van der Waals surface area (Å²) in [6, 6.07) is 8.65. The van der Waals surface area contributed by atoms with Gasteiger partial charge in [-0.15, -0.1) is 0 Å². The molecule has 0 saturated carbocycles. The largest absolute Gasteiger partial charge is 0.472 e. The number of hydrogen-bond donors (Lipinski definition) is 2. The standard InChI is InChI=1S/C14H18N2O3S/c1-2-15-9-12-4-3-5-14(8-12)20(17,18)16-10-13-6-7-19-11-13/h3-8,11,15-16H,2,9-10H2,1H3. The van der Waals surface area contributed by atoms with Gasteiger partial charge in [-0.1, -0.05) is 19.1 Å². The molecule has 2 N–H and O–H groups in total. The highest BCUT2D eigenvalue weighted by molar-refractivity contribution is 7.89. The first-order valence-electron chi connectivity index (χ1n) is 6.42. The Balaban J connectivity index is 2.08. The van der Waals surface area contributed by atoms with E-state index in [2.05, 4.69) is 10.0 Å². The number of hydrogen-bond acceptors (Lipinski definition) is 4. The van der Waals surface area contributed by atoms with Gasteiger partial charge in [0.25, 0.3) is 0 Å². The zero-order chi connectivity index (χ0) is 14.4.